The molecule has 21 heavy (non-hydrogen) atoms. The Labute approximate surface area is 137 Å². The van der Waals surface area contributed by atoms with Crippen LogP contribution in [0.4, 0.5) is 5.69 Å². The van der Waals surface area contributed by atoms with Crippen molar-refractivity contribution >= 4 is 51.7 Å². The quantitative estimate of drug-likeness (QED) is 0.905. The van der Waals surface area contributed by atoms with Crippen molar-refractivity contribution < 1.29 is 0 Å². The van der Waals surface area contributed by atoms with Crippen molar-refractivity contribution in [3.05, 3.63) is 16.1 Å². The van der Waals surface area contributed by atoms with Gasteiger partial charge in [0.05, 0.1) is 27.5 Å². The molecule has 2 aromatic rings. The van der Waals surface area contributed by atoms with Gasteiger partial charge in [-0.05, 0) is 31.7 Å². The Morgan fingerprint density at radius 3 is 2.81 bits per heavy atom. The number of anilines is 1. The van der Waals surface area contributed by atoms with Crippen LogP contribution in [0.15, 0.2) is 6.07 Å². The van der Waals surface area contributed by atoms with Crippen LogP contribution in [0.3, 0.4) is 0 Å². The fraction of sp³-hybridized carbons (Fsp3) is 0.571. The summed E-state index contributed by atoms with van der Waals surface area (Å²) in [5.74, 6) is 0.774. The van der Waals surface area contributed by atoms with Gasteiger partial charge in [-0.3, -0.25) is 0 Å². The molecule has 0 amide bonds. The summed E-state index contributed by atoms with van der Waals surface area (Å²) in [5, 5.41) is 4.93. The number of fused-ring (bicyclic) bond motifs is 1. The molecule has 1 atom stereocenters. The molecule has 0 bridgehead atoms. The lowest BCUT2D eigenvalue weighted by molar-refractivity contribution is 0.285. The third-order valence-corrected chi connectivity index (χ3v) is 5.75. The van der Waals surface area contributed by atoms with E-state index in [0.717, 1.165) is 42.3 Å². The number of piperazine rings is 1. The van der Waals surface area contributed by atoms with Gasteiger partial charge in [0.2, 0.25) is 0 Å². The second kappa shape index (κ2) is 4.95. The predicted molar refractivity (Wildman–Crippen MR) is 88.8 cm³/mol. The zero-order chi connectivity index (χ0) is 14.6. The van der Waals surface area contributed by atoms with Gasteiger partial charge in [0.1, 0.15) is 11.0 Å². The molecule has 7 heteroatoms. The molecule has 2 aliphatic rings. The van der Waals surface area contributed by atoms with Crippen LogP contribution < -0.4 is 10.2 Å². The second-order valence-electron chi connectivity index (χ2n) is 6.19. The summed E-state index contributed by atoms with van der Waals surface area (Å²) in [6.07, 6.45) is 2.64. The maximum absolute atomic E-state index is 6.48. The largest absolute Gasteiger partial charge is 0.365 e. The van der Waals surface area contributed by atoms with E-state index in [4.69, 9.17) is 23.2 Å². The van der Waals surface area contributed by atoms with E-state index in [9.17, 15) is 0 Å². The molecule has 4 rings (SSSR count). The van der Waals surface area contributed by atoms with E-state index >= 15 is 0 Å². The highest BCUT2D eigenvalue weighted by Gasteiger charge is 2.44. The molecule has 2 fully saturated rings. The summed E-state index contributed by atoms with van der Waals surface area (Å²) < 4.78 is 8.72. The lowest BCUT2D eigenvalue weighted by atomic mass is 9.92. The maximum Gasteiger partial charge on any atom is 0.131 e. The van der Waals surface area contributed by atoms with Gasteiger partial charge in [0, 0.05) is 25.2 Å². The molecule has 1 aliphatic carbocycles. The van der Waals surface area contributed by atoms with E-state index < -0.39 is 0 Å². The van der Waals surface area contributed by atoms with Crippen LogP contribution in [-0.2, 0) is 0 Å². The summed E-state index contributed by atoms with van der Waals surface area (Å²) in [6.45, 7) is 5.16. The Morgan fingerprint density at radius 2 is 2.05 bits per heavy atom. The Balaban J connectivity index is 1.77. The first-order valence-corrected chi connectivity index (χ1v) is 8.67. The van der Waals surface area contributed by atoms with Crippen LogP contribution in [0.25, 0.3) is 11.0 Å². The third-order valence-electron chi connectivity index (χ3n) is 4.64. The average Bonchev–Trinajstić information content (AvgIpc) is 3.19. The monoisotopic (exact) mass is 342 g/mol. The van der Waals surface area contributed by atoms with Crippen molar-refractivity contribution in [1.82, 2.24) is 14.1 Å². The van der Waals surface area contributed by atoms with Crippen LogP contribution in [0, 0.1) is 5.92 Å². The molecule has 1 N–H and O–H groups in total. The van der Waals surface area contributed by atoms with Gasteiger partial charge in [-0.25, -0.2) is 0 Å². The SMILES string of the molecule is CC1(C2CC2)CN(c2c(Cl)cc(Cl)c3nsnc23)CCN1. The standard InChI is InChI=1S/C14H16Cl2N4S/c1-14(8-2-3-8)7-20(5-4-17-14)13-10(16)6-9(15)11-12(13)19-21-18-11/h6,8,17H,2-5,7H2,1H3. The summed E-state index contributed by atoms with van der Waals surface area (Å²) in [5.41, 5.74) is 2.74. The Bertz CT molecular complexity index is 700. The van der Waals surface area contributed by atoms with Gasteiger partial charge in [-0.15, -0.1) is 0 Å². The molecule has 1 saturated carbocycles. The van der Waals surface area contributed by atoms with Gasteiger partial charge in [-0.2, -0.15) is 8.75 Å². The highest BCUT2D eigenvalue weighted by molar-refractivity contribution is 7.00. The smallest absolute Gasteiger partial charge is 0.131 e. The van der Waals surface area contributed by atoms with E-state index in [1.54, 1.807) is 6.07 Å². The first-order valence-electron chi connectivity index (χ1n) is 7.19. The van der Waals surface area contributed by atoms with Gasteiger partial charge in [-0.1, -0.05) is 23.2 Å². The van der Waals surface area contributed by atoms with Crippen LogP contribution >= 0.6 is 34.9 Å². The van der Waals surface area contributed by atoms with Crippen LogP contribution in [0.2, 0.25) is 10.0 Å². The van der Waals surface area contributed by atoms with E-state index in [-0.39, 0.29) is 5.54 Å². The van der Waals surface area contributed by atoms with Gasteiger partial charge < -0.3 is 10.2 Å². The second-order valence-corrected chi connectivity index (χ2v) is 7.53. The van der Waals surface area contributed by atoms with Crippen molar-refractivity contribution in [3.8, 4) is 0 Å². The van der Waals surface area contributed by atoms with Crippen LogP contribution in [0.5, 0.6) is 0 Å². The Hall–Kier alpha value is -0.620. The van der Waals surface area contributed by atoms with Gasteiger partial charge in [0.15, 0.2) is 0 Å². The van der Waals surface area contributed by atoms with E-state index in [1.807, 2.05) is 0 Å². The molecular weight excluding hydrogens is 327 g/mol. The zero-order valence-corrected chi connectivity index (χ0v) is 14.0. The van der Waals surface area contributed by atoms with E-state index in [0.29, 0.717) is 10.0 Å². The molecule has 4 nitrogen and oxygen atoms in total. The number of nitrogens with zero attached hydrogens (tertiary/aromatic N) is 3. The lowest BCUT2D eigenvalue weighted by Gasteiger charge is -2.43. The molecule has 0 spiro atoms. The molecule has 1 saturated heterocycles. The number of aromatic nitrogens is 2. The number of hydrogen-bond acceptors (Lipinski definition) is 5. The highest BCUT2D eigenvalue weighted by atomic mass is 35.5. The predicted octanol–water partition coefficient (Wildman–Crippen LogP) is 3.58. The first-order chi connectivity index (χ1) is 10.1. The molecule has 1 aromatic carbocycles. The number of nitrogens with one attached hydrogen (secondary N) is 1. The summed E-state index contributed by atoms with van der Waals surface area (Å²) in [7, 11) is 0. The van der Waals surface area contributed by atoms with Crippen LogP contribution in [-0.4, -0.2) is 33.9 Å². The summed E-state index contributed by atoms with van der Waals surface area (Å²) in [4.78, 5) is 2.34. The zero-order valence-electron chi connectivity index (χ0n) is 11.7. The lowest BCUT2D eigenvalue weighted by Crippen LogP contribution is -2.60. The summed E-state index contributed by atoms with van der Waals surface area (Å²) >= 11 is 13.9. The Kier molecular flexibility index (Phi) is 3.30. The fourth-order valence-corrected chi connectivity index (χ4v) is 4.58. The van der Waals surface area contributed by atoms with Crippen molar-refractivity contribution in [2.75, 3.05) is 24.5 Å². The van der Waals surface area contributed by atoms with E-state index in [2.05, 4.69) is 25.9 Å². The number of rotatable bonds is 2. The molecular formula is C14H16Cl2N4S. The van der Waals surface area contributed by atoms with Crippen LogP contribution in [0.1, 0.15) is 19.8 Å². The molecule has 1 aliphatic heterocycles. The molecule has 2 heterocycles. The van der Waals surface area contributed by atoms with Crippen molar-refractivity contribution in [1.29, 1.82) is 0 Å². The topological polar surface area (TPSA) is 41.1 Å². The third kappa shape index (κ3) is 2.31. The molecule has 112 valence electrons. The first kappa shape index (κ1) is 14.0. The summed E-state index contributed by atoms with van der Waals surface area (Å²) in [6, 6.07) is 1.79. The Morgan fingerprint density at radius 1 is 1.29 bits per heavy atom. The highest BCUT2D eigenvalue weighted by Crippen LogP contribution is 2.43. The normalized spacial score (nSPS) is 26.5. The number of benzene rings is 1. The minimum absolute atomic E-state index is 0.164. The molecule has 0 radical (unpaired) electrons. The molecule has 1 aromatic heterocycles. The van der Waals surface area contributed by atoms with Gasteiger partial charge in [0.25, 0.3) is 0 Å². The number of halogens is 2. The minimum Gasteiger partial charge on any atom is -0.365 e. The van der Waals surface area contributed by atoms with Gasteiger partial charge >= 0.3 is 0 Å². The van der Waals surface area contributed by atoms with Crippen molar-refractivity contribution in [2.24, 2.45) is 5.92 Å². The maximum atomic E-state index is 6.48. The van der Waals surface area contributed by atoms with E-state index in [1.165, 1.54) is 24.6 Å². The average molecular weight is 343 g/mol. The van der Waals surface area contributed by atoms with Crippen molar-refractivity contribution in [2.45, 2.75) is 25.3 Å². The van der Waals surface area contributed by atoms with Crippen molar-refractivity contribution in [3.63, 3.8) is 0 Å². The number of hydrogen-bond donors (Lipinski definition) is 1. The molecule has 1 unspecified atom stereocenters. The fourth-order valence-electron chi connectivity index (χ4n) is 3.36. The minimum atomic E-state index is 0.164.